The number of hydrogen-bond acceptors (Lipinski definition) is 4. The van der Waals surface area contributed by atoms with Crippen molar-refractivity contribution in [1.29, 1.82) is 0 Å². The van der Waals surface area contributed by atoms with E-state index in [1.165, 1.54) is 5.56 Å². The van der Waals surface area contributed by atoms with Crippen LogP contribution in [0.25, 0.3) is 11.0 Å². The highest BCUT2D eigenvalue weighted by Gasteiger charge is 2.32. The van der Waals surface area contributed by atoms with Gasteiger partial charge in [-0.1, -0.05) is 35.9 Å². The third kappa shape index (κ3) is 5.55. The van der Waals surface area contributed by atoms with E-state index in [4.69, 9.17) is 16.6 Å². The monoisotopic (exact) mass is 493 g/mol. The summed E-state index contributed by atoms with van der Waals surface area (Å²) in [5.74, 6) is 1.48. The molecule has 0 spiro atoms. The van der Waals surface area contributed by atoms with Gasteiger partial charge in [0.15, 0.2) is 0 Å². The molecule has 2 aliphatic rings. The molecule has 6 nitrogen and oxygen atoms in total. The molecule has 5 rings (SSSR count). The van der Waals surface area contributed by atoms with Gasteiger partial charge in [0.1, 0.15) is 5.82 Å². The number of piperazine rings is 1. The average Bonchev–Trinajstić information content (AvgIpc) is 3.21. The van der Waals surface area contributed by atoms with Crippen molar-refractivity contribution in [2.24, 2.45) is 5.92 Å². The molecular weight excluding hydrogens is 458 g/mol. The van der Waals surface area contributed by atoms with Gasteiger partial charge in [0.05, 0.1) is 23.5 Å². The molecule has 2 fully saturated rings. The molecule has 1 aromatic heterocycles. The van der Waals surface area contributed by atoms with Crippen LogP contribution in [0.5, 0.6) is 0 Å². The Morgan fingerprint density at radius 1 is 1.00 bits per heavy atom. The van der Waals surface area contributed by atoms with Crippen LogP contribution in [0.1, 0.15) is 38.1 Å². The van der Waals surface area contributed by atoms with Crippen molar-refractivity contribution in [3.63, 3.8) is 0 Å². The minimum Gasteiger partial charge on any atom is -0.340 e. The molecule has 1 atom stereocenters. The minimum atomic E-state index is 0.0865. The molecule has 2 aliphatic heterocycles. The molecule has 3 aromatic rings. The van der Waals surface area contributed by atoms with Crippen molar-refractivity contribution in [2.45, 2.75) is 45.8 Å². The number of carbonyl (C=O) groups excluding carboxylic acids is 1. The molecular formula is C28H36ClN5O. The van der Waals surface area contributed by atoms with Gasteiger partial charge in [0.25, 0.3) is 0 Å². The lowest BCUT2D eigenvalue weighted by Gasteiger charge is -2.40. The van der Waals surface area contributed by atoms with E-state index in [9.17, 15) is 4.79 Å². The lowest BCUT2D eigenvalue weighted by Crippen LogP contribution is -2.53. The highest BCUT2D eigenvalue weighted by atomic mass is 35.5. The number of halogens is 1. The smallest absolute Gasteiger partial charge is 0.227 e. The fraction of sp³-hybridized carbons (Fsp3) is 0.500. The first-order valence-corrected chi connectivity index (χ1v) is 13.3. The second-order valence-corrected chi connectivity index (χ2v) is 10.7. The summed E-state index contributed by atoms with van der Waals surface area (Å²) in [5.41, 5.74) is 3.36. The van der Waals surface area contributed by atoms with Gasteiger partial charge in [0.2, 0.25) is 5.91 Å². The zero-order valence-corrected chi connectivity index (χ0v) is 21.6. The summed E-state index contributed by atoms with van der Waals surface area (Å²) in [5, 5.41) is 0.749. The third-order valence-electron chi connectivity index (χ3n) is 7.56. The van der Waals surface area contributed by atoms with Crippen molar-refractivity contribution in [1.82, 2.24) is 24.3 Å². The number of benzene rings is 2. The first-order chi connectivity index (χ1) is 17.0. The Kier molecular flexibility index (Phi) is 7.42. The maximum absolute atomic E-state index is 13.4. The number of piperidine rings is 1. The number of nitrogens with zero attached hydrogens (tertiary/aromatic N) is 5. The van der Waals surface area contributed by atoms with E-state index in [0.717, 1.165) is 87.1 Å². The Labute approximate surface area is 213 Å². The van der Waals surface area contributed by atoms with Crippen LogP contribution in [-0.2, 0) is 17.9 Å². The molecule has 0 unspecified atom stereocenters. The summed E-state index contributed by atoms with van der Waals surface area (Å²) >= 11 is 6.11. The SMILES string of the molecule is CC(C)N1CCN(C(=O)[C@H]2CCCN(Cc3nc4ccccc4n3Cc3ccc(Cl)cc3)C2)CC1. The summed E-state index contributed by atoms with van der Waals surface area (Å²) in [4.78, 5) is 25.3. The van der Waals surface area contributed by atoms with Gasteiger partial charge in [-0.15, -0.1) is 0 Å². The Hall–Kier alpha value is -2.41. The van der Waals surface area contributed by atoms with Crippen LogP contribution in [-0.4, -0.2) is 75.5 Å². The molecule has 3 heterocycles. The fourth-order valence-electron chi connectivity index (χ4n) is 5.51. The lowest BCUT2D eigenvalue weighted by molar-refractivity contribution is -0.139. The third-order valence-corrected chi connectivity index (χ3v) is 7.82. The van der Waals surface area contributed by atoms with Gasteiger partial charge in [-0.3, -0.25) is 14.6 Å². The quantitative estimate of drug-likeness (QED) is 0.507. The van der Waals surface area contributed by atoms with Gasteiger partial charge >= 0.3 is 0 Å². The first kappa shape index (κ1) is 24.3. The van der Waals surface area contributed by atoms with Crippen molar-refractivity contribution in [2.75, 3.05) is 39.3 Å². The zero-order valence-electron chi connectivity index (χ0n) is 20.9. The normalized spacial score (nSPS) is 20.1. The molecule has 0 N–H and O–H groups in total. The number of aromatic nitrogens is 2. The van der Waals surface area contributed by atoms with E-state index in [-0.39, 0.29) is 5.92 Å². The van der Waals surface area contributed by atoms with Gasteiger partial charge in [-0.05, 0) is 63.1 Å². The van der Waals surface area contributed by atoms with Crippen LogP contribution in [0.4, 0.5) is 0 Å². The zero-order chi connectivity index (χ0) is 24.4. The van der Waals surface area contributed by atoms with Gasteiger partial charge < -0.3 is 9.47 Å². The van der Waals surface area contributed by atoms with E-state index in [1.54, 1.807) is 0 Å². The van der Waals surface area contributed by atoms with Gasteiger partial charge in [-0.25, -0.2) is 4.98 Å². The largest absolute Gasteiger partial charge is 0.340 e. The number of amides is 1. The molecule has 0 bridgehead atoms. The van der Waals surface area contributed by atoms with Crippen molar-refractivity contribution >= 4 is 28.5 Å². The lowest BCUT2D eigenvalue weighted by atomic mass is 9.96. The number of imidazole rings is 1. The van der Waals surface area contributed by atoms with Crippen LogP contribution in [0.3, 0.4) is 0 Å². The Balaban J connectivity index is 1.29. The van der Waals surface area contributed by atoms with Crippen molar-refractivity contribution in [3.8, 4) is 0 Å². The van der Waals surface area contributed by atoms with E-state index in [2.05, 4.69) is 63.4 Å². The van der Waals surface area contributed by atoms with Crippen LogP contribution in [0.15, 0.2) is 48.5 Å². The van der Waals surface area contributed by atoms with Crippen molar-refractivity contribution in [3.05, 3.63) is 64.9 Å². The Morgan fingerprint density at radius 3 is 2.49 bits per heavy atom. The van der Waals surface area contributed by atoms with Crippen LogP contribution >= 0.6 is 11.6 Å². The summed E-state index contributed by atoms with van der Waals surface area (Å²) in [7, 11) is 0. The predicted molar refractivity (Wildman–Crippen MR) is 142 cm³/mol. The number of para-hydroxylation sites is 2. The standard InChI is InChI=1S/C28H36ClN5O/c1-21(2)32-14-16-33(17-15-32)28(35)23-6-5-13-31(19-23)20-27-30-25-7-3-4-8-26(25)34(27)18-22-9-11-24(29)12-10-22/h3-4,7-12,21,23H,5-6,13-20H2,1-2H3/t23-/m0/s1. The number of hydrogen-bond donors (Lipinski definition) is 0. The number of rotatable bonds is 6. The number of carbonyl (C=O) groups is 1. The summed E-state index contributed by atoms with van der Waals surface area (Å²) < 4.78 is 2.31. The molecule has 2 saturated heterocycles. The molecule has 2 aromatic carbocycles. The maximum Gasteiger partial charge on any atom is 0.227 e. The molecule has 186 valence electrons. The van der Waals surface area contributed by atoms with Crippen LogP contribution in [0.2, 0.25) is 5.02 Å². The molecule has 7 heteroatoms. The Bertz CT molecular complexity index is 1150. The fourth-order valence-corrected chi connectivity index (χ4v) is 5.64. The molecule has 1 amide bonds. The maximum atomic E-state index is 13.4. The second-order valence-electron chi connectivity index (χ2n) is 10.3. The second kappa shape index (κ2) is 10.7. The van der Waals surface area contributed by atoms with Crippen molar-refractivity contribution < 1.29 is 4.79 Å². The van der Waals surface area contributed by atoms with Gasteiger partial charge in [0, 0.05) is 50.3 Å². The van der Waals surface area contributed by atoms with E-state index in [1.807, 2.05) is 18.2 Å². The van der Waals surface area contributed by atoms with E-state index >= 15 is 0 Å². The molecule has 35 heavy (non-hydrogen) atoms. The summed E-state index contributed by atoms with van der Waals surface area (Å²) in [6, 6.07) is 16.9. The molecule has 0 aliphatic carbocycles. The molecule has 0 radical (unpaired) electrons. The molecule has 0 saturated carbocycles. The highest BCUT2D eigenvalue weighted by Crippen LogP contribution is 2.24. The topological polar surface area (TPSA) is 44.6 Å². The average molecular weight is 494 g/mol. The summed E-state index contributed by atoms with van der Waals surface area (Å²) in [6.45, 7) is 11.5. The van der Waals surface area contributed by atoms with Crippen LogP contribution in [0, 0.1) is 5.92 Å². The highest BCUT2D eigenvalue weighted by molar-refractivity contribution is 6.30. The predicted octanol–water partition coefficient (Wildman–Crippen LogP) is 4.50. The Morgan fingerprint density at radius 2 is 1.74 bits per heavy atom. The summed E-state index contributed by atoms with van der Waals surface area (Å²) in [6.07, 6.45) is 2.04. The number of likely N-dealkylation sites (tertiary alicyclic amines) is 1. The minimum absolute atomic E-state index is 0.0865. The van der Waals surface area contributed by atoms with Gasteiger partial charge in [-0.2, -0.15) is 0 Å². The van der Waals surface area contributed by atoms with E-state index < -0.39 is 0 Å². The first-order valence-electron chi connectivity index (χ1n) is 12.9. The van der Waals surface area contributed by atoms with E-state index in [0.29, 0.717) is 11.9 Å². The van der Waals surface area contributed by atoms with Crippen LogP contribution < -0.4 is 0 Å². The number of fused-ring (bicyclic) bond motifs is 1.